The summed E-state index contributed by atoms with van der Waals surface area (Å²) in [5, 5.41) is 9.29. The molecule has 2 heterocycles. The van der Waals surface area contributed by atoms with Crippen molar-refractivity contribution in [2.24, 2.45) is 11.8 Å². The molecule has 0 radical (unpaired) electrons. The van der Waals surface area contributed by atoms with Gasteiger partial charge in [-0.2, -0.15) is 9.97 Å². The van der Waals surface area contributed by atoms with Crippen molar-refractivity contribution in [1.29, 1.82) is 0 Å². The Balaban J connectivity index is 1.51. The van der Waals surface area contributed by atoms with Crippen molar-refractivity contribution in [3.8, 4) is 6.01 Å². The molecule has 1 unspecified atom stereocenters. The maximum Gasteiger partial charge on any atom is 0.318 e. The topological polar surface area (TPSA) is 119 Å². The van der Waals surface area contributed by atoms with Gasteiger partial charge in [-0.25, -0.2) is 0 Å². The number of aromatic nitrogens is 2. The Bertz CT molecular complexity index is 1050. The second-order valence-electron chi connectivity index (χ2n) is 8.90. The van der Waals surface area contributed by atoms with E-state index >= 15 is 0 Å². The summed E-state index contributed by atoms with van der Waals surface area (Å²) >= 11 is 0. The van der Waals surface area contributed by atoms with Gasteiger partial charge in [0, 0.05) is 18.7 Å². The molecule has 4 rings (SSSR count). The first-order valence-corrected chi connectivity index (χ1v) is 11.2. The highest BCUT2D eigenvalue weighted by Gasteiger charge is 2.32. The number of carboxylic acid groups (broad SMARTS) is 1. The SMILES string of the molecule is COc1nc(N)c2c(n1)CCN(c1ccc(C3CCC(C(C)C(=O)O)CC3)c(C)c1)C2=O. The Morgan fingerprint density at radius 1 is 1.25 bits per heavy atom. The number of methoxy groups -OCH3 is 1. The van der Waals surface area contributed by atoms with Crippen molar-refractivity contribution in [3.63, 3.8) is 0 Å². The minimum atomic E-state index is -0.703. The second-order valence-corrected chi connectivity index (χ2v) is 8.90. The zero-order chi connectivity index (χ0) is 23.0. The van der Waals surface area contributed by atoms with Gasteiger partial charge in [-0.15, -0.1) is 0 Å². The zero-order valence-electron chi connectivity index (χ0n) is 18.8. The molecule has 1 aliphatic heterocycles. The molecule has 8 heteroatoms. The molecule has 1 atom stereocenters. The van der Waals surface area contributed by atoms with Crippen LogP contribution >= 0.6 is 0 Å². The first-order valence-electron chi connectivity index (χ1n) is 11.2. The van der Waals surface area contributed by atoms with Crippen molar-refractivity contribution in [2.45, 2.75) is 51.9 Å². The lowest BCUT2D eigenvalue weighted by Gasteiger charge is -2.32. The molecule has 1 aromatic heterocycles. The van der Waals surface area contributed by atoms with Gasteiger partial charge in [-0.1, -0.05) is 13.0 Å². The molecule has 32 heavy (non-hydrogen) atoms. The highest BCUT2D eigenvalue weighted by atomic mass is 16.5. The number of hydrogen-bond acceptors (Lipinski definition) is 6. The van der Waals surface area contributed by atoms with E-state index in [-0.39, 0.29) is 29.6 Å². The van der Waals surface area contributed by atoms with Crippen LogP contribution in [0.1, 0.15) is 65.7 Å². The molecule has 170 valence electrons. The Labute approximate surface area is 187 Å². The van der Waals surface area contributed by atoms with E-state index in [1.807, 2.05) is 13.0 Å². The van der Waals surface area contributed by atoms with Crippen LogP contribution in [0.15, 0.2) is 18.2 Å². The molecule has 2 aromatic rings. The van der Waals surface area contributed by atoms with Gasteiger partial charge in [0.1, 0.15) is 11.4 Å². The van der Waals surface area contributed by atoms with Crippen LogP contribution in [-0.4, -0.2) is 40.6 Å². The van der Waals surface area contributed by atoms with Crippen molar-refractivity contribution >= 4 is 23.4 Å². The molecular weight excluding hydrogens is 408 g/mol. The van der Waals surface area contributed by atoms with E-state index in [1.165, 1.54) is 12.7 Å². The van der Waals surface area contributed by atoms with Crippen molar-refractivity contribution in [2.75, 3.05) is 24.3 Å². The number of carboxylic acids is 1. The molecule has 8 nitrogen and oxygen atoms in total. The summed E-state index contributed by atoms with van der Waals surface area (Å²) in [6, 6.07) is 6.35. The molecule has 0 bridgehead atoms. The van der Waals surface area contributed by atoms with Crippen molar-refractivity contribution in [1.82, 2.24) is 9.97 Å². The Morgan fingerprint density at radius 3 is 2.59 bits per heavy atom. The van der Waals surface area contributed by atoms with Gasteiger partial charge in [0.05, 0.1) is 18.7 Å². The monoisotopic (exact) mass is 438 g/mol. The number of carbonyl (C=O) groups excluding carboxylic acids is 1. The number of fused-ring (bicyclic) bond motifs is 1. The third kappa shape index (κ3) is 4.01. The van der Waals surface area contributed by atoms with Gasteiger partial charge in [0.25, 0.3) is 5.91 Å². The van der Waals surface area contributed by atoms with E-state index < -0.39 is 5.97 Å². The van der Waals surface area contributed by atoms with E-state index in [0.29, 0.717) is 30.1 Å². The minimum absolute atomic E-state index is 0.141. The average molecular weight is 439 g/mol. The number of aryl methyl sites for hydroxylation is 1. The van der Waals surface area contributed by atoms with Gasteiger partial charge < -0.3 is 20.5 Å². The number of nitrogen functional groups attached to an aromatic ring is 1. The summed E-state index contributed by atoms with van der Waals surface area (Å²) < 4.78 is 5.07. The van der Waals surface area contributed by atoms with Crippen molar-refractivity contribution < 1.29 is 19.4 Å². The molecular formula is C24H30N4O4. The van der Waals surface area contributed by atoms with Gasteiger partial charge in [-0.05, 0) is 67.7 Å². The normalized spacial score (nSPS) is 21.7. The second kappa shape index (κ2) is 8.76. The predicted molar refractivity (Wildman–Crippen MR) is 121 cm³/mol. The van der Waals surface area contributed by atoms with Crippen LogP contribution in [0.2, 0.25) is 0 Å². The molecule has 1 fully saturated rings. The number of anilines is 2. The van der Waals surface area contributed by atoms with E-state index in [9.17, 15) is 14.7 Å². The maximum atomic E-state index is 13.2. The van der Waals surface area contributed by atoms with E-state index in [2.05, 4.69) is 29.0 Å². The smallest absolute Gasteiger partial charge is 0.318 e. The standard InChI is InChI=1S/C24H30N4O4/c1-13-12-17(8-9-18(13)16-6-4-15(5-7-16)14(2)23(30)31)28-11-10-19-20(22(28)29)21(25)27-24(26-19)32-3/h8-9,12,14-16H,4-7,10-11H2,1-3H3,(H,30,31)(H2,25,26,27). The summed E-state index contributed by atoms with van der Waals surface area (Å²) in [6.45, 7) is 4.41. The molecule has 1 amide bonds. The van der Waals surface area contributed by atoms with Crippen LogP contribution in [0.25, 0.3) is 0 Å². The molecule has 1 aliphatic carbocycles. The number of ether oxygens (including phenoxy) is 1. The number of hydrogen-bond donors (Lipinski definition) is 2. The lowest BCUT2D eigenvalue weighted by molar-refractivity contribution is -0.143. The molecule has 1 saturated carbocycles. The minimum Gasteiger partial charge on any atom is -0.481 e. The summed E-state index contributed by atoms with van der Waals surface area (Å²) in [7, 11) is 1.47. The van der Waals surface area contributed by atoms with Gasteiger partial charge in [0.2, 0.25) is 0 Å². The van der Waals surface area contributed by atoms with Gasteiger partial charge >= 0.3 is 12.0 Å². The van der Waals surface area contributed by atoms with E-state index in [0.717, 1.165) is 36.9 Å². The summed E-state index contributed by atoms with van der Waals surface area (Å²) in [5.41, 5.74) is 10.3. The molecule has 0 spiro atoms. The zero-order valence-corrected chi connectivity index (χ0v) is 18.8. The average Bonchev–Trinajstić information content (AvgIpc) is 2.78. The maximum absolute atomic E-state index is 13.2. The largest absolute Gasteiger partial charge is 0.481 e. The molecule has 2 aliphatic rings. The van der Waals surface area contributed by atoms with E-state index in [1.54, 1.807) is 4.90 Å². The van der Waals surface area contributed by atoms with Gasteiger partial charge in [-0.3, -0.25) is 9.59 Å². The lowest BCUT2D eigenvalue weighted by Crippen LogP contribution is -2.39. The Kier molecular flexibility index (Phi) is 6.04. The first kappa shape index (κ1) is 22.0. The highest BCUT2D eigenvalue weighted by molar-refractivity contribution is 6.10. The number of amides is 1. The quantitative estimate of drug-likeness (QED) is 0.732. The number of nitrogens with zero attached hydrogens (tertiary/aromatic N) is 3. The number of nitrogens with two attached hydrogens (primary N) is 1. The fourth-order valence-electron chi connectivity index (χ4n) is 5.13. The fourth-order valence-corrected chi connectivity index (χ4v) is 5.13. The van der Waals surface area contributed by atoms with Crippen molar-refractivity contribution in [3.05, 3.63) is 40.6 Å². The highest BCUT2D eigenvalue weighted by Crippen LogP contribution is 2.40. The Hall–Kier alpha value is -3.16. The summed E-state index contributed by atoms with van der Waals surface area (Å²) in [6.07, 6.45) is 4.44. The number of rotatable bonds is 5. The predicted octanol–water partition coefficient (Wildman–Crippen LogP) is 3.57. The van der Waals surface area contributed by atoms with Crippen LogP contribution in [-0.2, 0) is 11.2 Å². The summed E-state index contributed by atoms with van der Waals surface area (Å²) in [4.78, 5) is 34.6. The van der Waals surface area contributed by atoms with Crippen LogP contribution in [0.5, 0.6) is 6.01 Å². The molecule has 3 N–H and O–H groups in total. The number of carbonyl (C=O) groups is 2. The van der Waals surface area contributed by atoms with Crippen LogP contribution in [0, 0.1) is 18.8 Å². The lowest BCUT2D eigenvalue weighted by atomic mass is 9.73. The summed E-state index contributed by atoms with van der Waals surface area (Å²) in [5.74, 6) is -0.366. The molecule has 0 saturated heterocycles. The number of benzene rings is 1. The van der Waals surface area contributed by atoms with Gasteiger partial charge in [0.15, 0.2) is 0 Å². The van der Waals surface area contributed by atoms with E-state index in [4.69, 9.17) is 10.5 Å². The third-order valence-electron chi connectivity index (χ3n) is 7.08. The molecule has 1 aromatic carbocycles. The van der Waals surface area contributed by atoms with Crippen LogP contribution < -0.4 is 15.4 Å². The number of aliphatic carboxylic acids is 1. The third-order valence-corrected chi connectivity index (χ3v) is 7.08. The first-order chi connectivity index (χ1) is 15.3. The Morgan fingerprint density at radius 2 is 1.97 bits per heavy atom. The van der Waals surface area contributed by atoms with Crippen LogP contribution in [0.4, 0.5) is 11.5 Å². The fraction of sp³-hybridized carbons (Fsp3) is 0.500. The van der Waals surface area contributed by atoms with Crippen LogP contribution in [0.3, 0.4) is 0 Å².